The minimum absolute atomic E-state index is 0.0549. The van der Waals surface area contributed by atoms with Gasteiger partial charge in [0.25, 0.3) is 5.91 Å². The van der Waals surface area contributed by atoms with Gasteiger partial charge in [-0.25, -0.2) is 4.39 Å². The second kappa shape index (κ2) is 6.96. The van der Waals surface area contributed by atoms with E-state index >= 15 is 0 Å². The van der Waals surface area contributed by atoms with E-state index in [4.69, 9.17) is 10.5 Å². The van der Waals surface area contributed by atoms with Gasteiger partial charge in [0.15, 0.2) is 18.2 Å². The number of ether oxygens (including phenoxy) is 1. The third kappa shape index (κ3) is 4.00. The molecule has 0 aliphatic carbocycles. The number of carbonyl (C=O) groups excluding carboxylic acids is 1. The lowest BCUT2D eigenvalue weighted by molar-refractivity contribution is -0.123. The molecule has 0 aliphatic rings. The van der Waals surface area contributed by atoms with E-state index in [1.165, 1.54) is 6.07 Å². The molecule has 0 radical (unpaired) electrons. The van der Waals surface area contributed by atoms with Crippen molar-refractivity contribution < 1.29 is 13.9 Å². The SMILES string of the molecule is CCC(C)NC(=O)COc1c(F)cccc1CN. The Bertz CT molecular complexity index is 410. The second-order valence-corrected chi connectivity index (χ2v) is 4.10. The fourth-order valence-corrected chi connectivity index (χ4v) is 1.43. The molecule has 0 aliphatic heterocycles. The Balaban J connectivity index is 2.60. The van der Waals surface area contributed by atoms with Crippen molar-refractivity contribution >= 4 is 5.91 Å². The van der Waals surface area contributed by atoms with Crippen LogP contribution in [0, 0.1) is 5.82 Å². The maximum Gasteiger partial charge on any atom is 0.258 e. The van der Waals surface area contributed by atoms with Gasteiger partial charge in [0.1, 0.15) is 0 Å². The zero-order valence-electron chi connectivity index (χ0n) is 10.7. The molecule has 0 saturated carbocycles. The van der Waals surface area contributed by atoms with Gasteiger partial charge in [-0.2, -0.15) is 0 Å². The Morgan fingerprint density at radius 3 is 2.89 bits per heavy atom. The lowest BCUT2D eigenvalue weighted by Gasteiger charge is -2.14. The standard InChI is InChI=1S/C13H19FN2O2/c1-3-9(2)16-12(17)8-18-13-10(7-15)5-4-6-11(13)14/h4-6,9H,3,7-8,15H2,1-2H3,(H,16,17). The highest BCUT2D eigenvalue weighted by Gasteiger charge is 2.11. The number of hydrogen-bond donors (Lipinski definition) is 2. The quantitative estimate of drug-likeness (QED) is 0.810. The van der Waals surface area contributed by atoms with Gasteiger partial charge in [0.05, 0.1) is 0 Å². The van der Waals surface area contributed by atoms with E-state index in [0.717, 1.165) is 6.42 Å². The first-order valence-electron chi connectivity index (χ1n) is 5.98. The number of para-hydroxylation sites is 1. The van der Waals surface area contributed by atoms with Crippen LogP contribution < -0.4 is 15.8 Å². The van der Waals surface area contributed by atoms with Gasteiger partial charge in [-0.1, -0.05) is 19.1 Å². The summed E-state index contributed by atoms with van der Waals surface area (Å²) in [7, 11) is 0. The average Bonchev–Trinajstić information content (AvgIpc) is 2.36. The fourth-order valence-electron chi connectivity index (χ4n) is 1.43. The molecule has 0 fully saturated rings. The van der Waals surface area contributed by atoms with Gasteiger partial charge in [0.2, 0.25) is 0 Å². The van der Waals surface area contributed by atoms with E-state index in [1.807, 2.05) is 13.8 Å². The van der Waals surface area contributed by atoms with E-state index in [0.29, 0.717) is 5.56 Å². The van der Waals surface area contributed by atoms with Crippen LogP contribution in [0.25, 0.3) is 0 Å². The summed E-state index contributed by atoms with van der Waals surface area (Å²) in [6.07, 6.45) is 0.833. The third-order valence-electron chi connectivity index (χ3n) is 2.64. The van der Waals surface area contributed by atoms with Crippen LogP contribution in [0.15, 0.2) is 18.2 Å². The summed E-state index contributed by atoms with van der Waals surface area (Å²) in [5.74, 6) is -0.718. The summed E-state index contributed by atoms with van der Waals surface area (Å²) in [6, 6.07) is 4.59. The predicted molar refractivity (Wildman–Crippen MR) is 67.7 cm³/mol. The Kier molecular flexibility index (Phi) is 5.58. The molecule has 1 aromatic rings. The van der Waals surface area contributed by atoms with Crippen LogP contribution in [-0.2, 0) is 11.3 Å². The second-order valence-electron chi connectivity index (χ2n) is 4.10. The maximum atomic E-state index is 13.5. The van der Waals surface area contributed by atoms with Crippen LogP contribution >= 0.6 is 0 Å². The molecule has 0 aromatic heterocycles. The first-order valence-corrected chi connectivity index (χ1v) is 5.98. The molecule has 0 spiro atoms. The highest BCUT2D eigenvalue weighted by atomic mass is 19.1. The first-order chi connectivity index (χ1) is 8.58. The van der Waals surface area contributed by atoms with Crippen LogP contribution in [0.2, 0.25) is 0 Å². The van der Waals surface area contributed by atoms with Crippen molar-refractivity contribution in [3.8, 4) is 5.75 Å². The van der Waals surface area contributed by atoms with Crippen molar-refractivity contribution in [2.75, 3.05) is 6.61 Å². The minimum atomic E-state index is -0.505. The molecule has 0 heterocycles. The first kappa shape index (κ1) is 14.4. The zero-order valence-corrected chi connectivity index (χ0v) is 10.7. The van der Waals surface area contributed by atoms with Gasteiger partial charge in [-0.05, 0) is 19.4 Å². The van der Waals surface area contributed by atoms with Gasteiger partial charge in [0, 0.05) is 18.2 Å². The van der Waals surface area contributed by atoms with Crippen molar-refractivity contribution in [1.82, 2.24) is 5.32 Å². The highest BCUT2D eigenvalue weighted by Crippen LogP contribution is 2.21. The molecule has 1 unspecified atom stereocenters. The molecular formula is C13H19FN2O2. The van der Waals surface area contributed by atoms with Gasteiger partial charge >= 0.3 is 0 Å². The molecule has 5 heteroatoms. The molecule has 1 amide bonds. The molecule has 3 N–H and O–H groups in total. The van der Waals surface area contributed by atoms with E-state index in [1.54, 1.807) is 12.1 Å². The van der Waals surface area contributed by atoms with Crippen molar-refractivity contribution in [3.63, 3.8) is 0 Å². The largest absolute Gasteiger partial charge is 0.480 e. The van der Waals surface area contributed by atoms with Crippen LogP contribution in [0.4, 0.5) is 4.39 Å². The average molecular weight is 254 g/mol. The van der Waals surface area contributed by atoms with Crippen molar-refractivity contribution in [2.24, 2.45) is 5.73 Å². The highest BCUT2D eigenvalue weighted by molar-refractivity contribution is 5.77. The lowest BCUT2D eigenvalue weighted by atomic mass is 10.2. The van der Waals surface area contributed by atoms with Crippen molar-refractivity contribution in [2.45, 2.75) is 32.9 Å². The summed E-state index contributed by atoms with van der Waals surface area (Å²) in [6.45, 7) is 3.82. The number of nitrogens with one attached hydrogen (secondary N) is 1. The molecule has 0 bridgehead atoms. The van der Waals surface area contributed by atoms with Crippen LogP contribution in [0.3, 0.4) is 0 Å². The summed E-state index contributed by atoms with van der Waals surface area (Å²) in [5.41, 5.74) is 6.03. The summed E-state index contributed by atoms with van der Waals surface area (Å²) >= 11 is 0. The van der Waals surface area contributed by atoms with E-state index in [9.17, 15) is 9.18 Å². The molecular weight excluding hydrogens is 235 g/mol. The number of carbonyl (C=O) groups is 1. The van der Waals surface area contributed by atoms with Crippen molar-refractivity contribution in [3.05, 3.63) is 29.6 Å². The number of hydrogen-bond acceptors (Lipinski definition) is 3. The maximum absolute atomic E-state index is 13.5. The molecule has 1 rings (SSSR count). The van der Waals surface area contributed by atoms with Crippen molar-refractivity contribution in [1.29, 1.82) is 0 Å². The Morgan fingerprint density at radius 2 is 2.28 bits per heavy atom. The van der Waals surface area contributed by atoms with Gasteiger partial charge < -0.3 is 15.8 Å². The fraction of sp³-hybridized carbons (Fsp3) is 0.462. The predicted octanol–water partition coefficient (Wildman–Crippen LogP) is 1.58. The van der Waals surface area contributed by atoms with E-state index in [2.05, 4.69) is 5.32 Å². The Morgan fingerprint density at radius 1 is 1.56 bits per heavy atom. The van der Waals surface area contributed by atoms with E-state index in [-0.39, 0.29) is 30.9 Å². The monoisotopic (exact) mass is 254 g/mol. The molecule has 100 valence electrons. The Labute approximate surface area is 106 Å². The number of benzene rings is 1. The normalized spacial score (nSPS) is 12.0. The molecule has 1 aromatic carbocycles. The van der Waals surface area contributed by atoms with Crippen LogP contribution in [0.5, 0.6) is 5.75 Å². The number of nitrogens with two attached hydrogens (primary N) is 1. The van der Waals surface area contributed by atoms with Gasteiger partial charge in [-0.15, -0.1) is 0 Å². The summed E-state index contributed by atoms with van der Waals surface area (Å²) in [5, 5.41) is 2.74. The van der Waals surface area contributed by atoms with Gasteiger partial charge in [-0.3, -0.25) is 4.79 Å². The molecule has 1 atom stereocenters. The molecule has 4 nitrogen and oxygen atoms in total. The molecule has 0 saturated heterocycles. The topological polar surface area (TPSA) is 64.3 Å². The summed E-state index contributed by atoms with van der Waals surface area (Å²) < 4.78 is 18.7. The molecule has 18 heavy (non-hydrogen) atoms. The summed E-state index contributed by atoms with van der Waals surface area (Å²) in [4.78, 5) is 11.5. The number of amides is 1. The van der Waals surface area contributed by atoms with Crippen LogP contribution in [-0.4, -0.2) is 18.6 Å². The smallest absolute Gasteiger partial charge is 0.258 e. The van der Waals surface area contributed by atoms with Crippen LogP contribution in [0.1, 0.15) is 25.8 Å². The van der Waals surface area contributed by atoms with E-state index < -0.39 is 5.82 Å². The number of rotatable bonds is 6. The lowest BCUT2D eigenvalue weighted by Crippen LogP contribution is -2.35. The minimum Gasteiger partial charge on any atom is -0.480 e. The number of halogens is 1. The zero-order chi connectivity index (χ0) is 13.5. The Hall–Kier alpha value is -1.62. The third-order valence-corrected chi connectivity index (χ3v) is 2.64.